The second-order valence-corrected chi connectivity index (χ2v) is 6.89. The molecule has 0 aromatic heterocycles. The molecule has 0 saturated heterocycles. The summed E-state index contributed by atoms with van der Waals surface area (Å²) in [5.41, 5.74) is 3.33. The van der Waals surface area contributed by atoms with Crippen LogP contribution in [0.4, 0.5) is 0 Å². The Bertz CT molecular complexity index is 371. The smallest absolute Gasteiger partial charge is 0.0205 e. The van der Waals surface area contributed by atoms with E-state index in [1.807, 2.05) is 0 Å². The topological polar surface area (TPSA) is 12.0 Å². The van der Waals surface area contributed by atoms with Crippen LogP contribution in [0, 0.1) is 18.3 Å². The second-order valence-electron chi connectivity index (χ2n) is 6.89. The Morgan fingerprint density at radius 2 is 1.74 bits per heavy atom. The predicted octanol–water partition coefficient (Wildman–Crippen LogP) is 4.69. The molecule has 1 heteroatoms. The van der Waals surface area contributed by atoms with Crippen molar-refractivity contribution < 1.29 is 0 Å². The number of hydrogen-bond acceptors (Lipinski definition) is 1. The van der Waals surface area contributed by atoms with Crippen LogP contribution in [0.1, 0.15) is 57.1 Å². The molecule has 0 atom stereocenters. The number of nitrogens with one attached hydrogen (secondary N) is 1. The summed E-state index contributed by atoms with van der Waals surface area (Å²) in [7, 11) is 0. The lowest BCUT2D eigenvalue weighted by Gasteiger charge is -2.31. The highest BCUT2D eigenvalue weighted by molar-refractivity contribution is 5.21. The minimum absolute atomic E-state index is 0.582. The van der Waals surface area contributed by atoms with Crippen LogP contribution >= 0.6 is 0 Å². The van der Waals surface area contributed by atoms with E-state index in [0.717, 1.165) is 12.5 Å². The monoisotopic (exact) mass is 259 g/mol. The molecule has 19 heavy (non-hydrogen) atoms. The van der Waals surface area contributed by atoms with E-state index in [9.17, 15) is 0 Å². The average Bonchev–Trinajstić information content (AvgIpc) is 2.79. The first-order valence-electron chi connectivity index (χ1n) is 7.86. The van der Waals surface area contributed by atoms with Gasteiger partial charge in [-0.3, -0.25) is 0 Å². The number of hydrogen-bond donors (Lipinski definition) is 1. The van der Waals surface area contributed by atoms with Gasteiger partial charge in [-0.1, -0.05) is 56.5 Å². The number of rotatable bonds is 6. The summed E-state index contributed by atoms with van der Waals surface area (Å²) in [6.45, 7) is 9.08. The molecule has 0 aliphatic heterocycles. The molecule has 0 heterocycles. The Morgan fingerprint density at radius 3 is 2.32 bits per heavy atom. The lowest BCUT2D eigenvalue weighted by atomic mass is 9.78. The fraction of sp³-hybridized carbons (Fsp3) is 0.667. The zero-order valence-corrected chi connectivity index (χ0v) is 12.8. The minimum Gasteiger partial charge on any atom is -0.312 e. The Labute approximate surface area is 118 Å². The first-order chi connectivity index (χ1) is 9.10. The summed E-state index contributed by atoms with van der Waals surface area (Å²) in [5, 5.41) is 3.71. The lowest BCUT2D eigenvalue weighted by molar-refractivity contribution is 0.223. The molecule has 1 nitrogen and oxygen atoms in total. The van der Waals surface area contributed by atoms with E-state index >= 15 is 0 Å². The Kier molecular flexibility index (Phi) is 5.04. The summed E-state index contributed by atoms with van der Waals surface area (Å²) < 4.78 is 0. The predicted molar refractivity (Wildman–Crippen MR) is 83.2 cm³/mol. The standard InChI is InChI=1S/C18H29N/c1-15(2)12-18(10-4-5-11-18)14-19-13-17-8-6-16(3)7-9-17/h6-9,15,19H,4-5,10-14H2,1-3H3. The van der Waals surface area contributed by atoms with Gasteiger partial charge in [0, 0.05) is 13.1 Å². The molecule has 0 bridgehead atoms. The van der Waals surface area contributed by atoms with E-state index in [2.05, 4.69) is 50.4 Å². The summed E-state index contributed by atoms with van der Waals surface area (Å²) in [4.78, 5) is 0. The van der Waals surface area contributed by atoms with Crippen molar-refractivity contribution in [1.29, 1.82) is 0 Å². The molecule has 1 aliphatic carbocycles. The van der Waals surface area contributed by atoms with Crippen LogP contribution in [-0.2, 0) is 6.54 Å². The molecule has 0 amide bonds. The van der Waals surface area contributed by atoms with Gasteiger partial charge >= 0.3 is 0 Å². The van der Waals surface area contributed by atoms with E-state index in [4.69, 9.17) is 0 Å². The summed E-state index contributed by atoms with van der Waals surface area (Å²) in [6.07, 6.45) is 7.09. The highest BCUT2D eigenvalue weighted by Gasteiger charge is 2.33. The molecule has 2 rings (SSSR count). The third-order valence-electron chi connectivity index (χ3n) is 4.46. The van der Waals surface area contributed by atoms with Crippen molar-refractivity contribution in [1.82, 2.24) is 5.32 Å². The van der Waals surface area contributed by atoms with Crippen LogP contribution in [0.15, 0.2) is 24.3 Å². The quantitative estimate of drug-likeness (QED) is 0.781. The molecule has 106 valence electrons. The van der Waals surface area contributed by atoms with Gasteiger partial charge in [0.1, 0.15) is 0 Å². The van der Waals surface area contributed by atoms with Crippen molar-refractivity contribution in [3.63, 3.8) is 0 Å². The van der Waals surface area contributed by atoms with Crippen molar-refractivity contribution in [2.75, 3.05) is 6.54 Å². The van der Waals surface area contributed by atoms with Crippen molar-refractivity contribution in [3.05, 3.63) is 35.4 Å². The fourth-order valence-electron chi connectivity index (χ4n) is 3.62. The molecule has 1 aromatic carbocycles. The van der Waals surface area contributed by atoms with Crippen LogP contribution in [-0.4, -0.2) is 6.54 Å². The van der Waals surface area contributed by atoms with Crippen LogP contribution in [0.3, 0.4) is 0 Å². The van der Waals surface area contributed by atoms with Crippen LogP contribution in [0.2, 0.25) is 0 Å². The molecule has 0 radical (unpaired) electrons. The van der Waals surface area contributed by atoms with E-state index < -0.39 is 0 Å². The highest BCUT2D eigenvalue weighted by atomic mass is 14.9. The van der Waals surface area contributed by atoms with Crippen molar-refractivity contribution in [2.24, 2.45) is 11.3 Å². The van der Waals surface area contributed by atoms with Crippen LogP contribution in [0.25, 0.3) is 0 Å². The first kappa shape index (κ1) is 14.6. The van der Waals surface area contributed by atoms with Crippen molar-refractivity contribution in [3.8, 4) is 0 Å². The minimum atomic E-state index is 0.582. The maximum Gasteiger partial charge on any atom is 0.0205 e. The van der Waals surface area contributed by atoms with E-state index in [1.165, 1.54) is 49.8 Å². The summed E-state index contributed by atoms with van der Waals surface area (Å²) in [6, 6.07) is 8.89. The van der Waals surface area contributed by atoms with E-state index in [-0.39, 0.29) is 0 Å². The molecular formula is C18H29N. The van der Waals surface area contributed by atoms with Gasteiger partial charge in [0.15, 0.2) is 0 Å². The molecule has 1 saturated carbocycles. The van der Waals surface area contributed by atoms with Gasteiger partial charge in [-0.2, -0.15) is 0 Å². The van der Waals surface area contributed by atoms with Gasteiger partial charge in [0.05, 0.1) is 0 Å². The Morgan fingerprint density at radius 1 is 1.11 bits per heavy atom. The van der Waals surface area contributed by atoms with Gasteiger partial charge in [0.25, 0.3) is 0 Å². The second kappa shape index (κ2) is 6.56. The largest absolute Gasteiger partial charge is 0.312 e. The number of aryl methyl sites for hydroxylation is 1. The molecule has 1 aromatic rings. The fourth-order valence-corrected chi connectivity index (χ4v) is 3.62. The molecule has 1 N–H and O–H groups in total. The summed E-state index contributed by atoms with van der Waals surface area (Å²) in [5.74, 6) is 0.819. The number of benzene rings is 1. The van der Waals surface area contributed by atoms with Gasteiger partial charge in [-0.15, -0.1) is 0 Å². The zero-order valence-electron chi connectivity index (χ0n) is 12.8. The molecular weight excluding hydrogens is 230 g/mol. The third-order valence-corrected chi connectivity index (χ3v) is 4.46. The molecule has 0 spiro atoms. The normalized spacial score (nSPS) is 18.1. The SMILES string of the molecule is Cc1ccc(CNCC2(CC(C)C)CCCC2)cc1. The molecule has 0 unspecified atom stereocenters. The first-order valence-corrected chi connectivity index (χ1v) is 7.86. The van der Waals surface area contributed by atoms with E-state index in [0.29, 0.717) is 5.41 Å². The van der Waals surface area contributed by atoms with Gasteiger partial charge < -0.3 is 5.32 Å². The van der Waals surface area contributed by atoms with Crippen LogP contribution in [0.5, 0.6) is 0 Å². The van der Waals surface area contributed by atoms with Gasteiger partial charge in [-0.05, 0) is 43.1 Å². The van der Waals surface area contributed by atoms with Crippen molar-refractivity contribution in [2.45, 2.75) is 59.4 Å². The van der Waals surface area contributed by atoms with Gasteiger partial charge in [0.2, 0.25) is 0 Å². The average molecular weight is 259 g/mol. The lowest BCUT2D eigenvalue weighted by Crippen LogP contribution is -2.33. The maximum absolute atomic E-state index is 3.71. The zero-order chi connectivity index (χ0) is 13.7. The van der Waals surface area contributed by atoms with Crippen LogP contribution < -0.4 is 5.32 Å². The van der Waals surface area contributed by atoms with E-state index in [1.54, 1.807) is 0 Å². The Hall–Kier alpha value is -0.820. The molecule has 1 fully saturated rings. The highest BCUT2D eigenvalue weighted by Crippen LogP contribution is 2.42. The summed E-state index contributed by atoms with van der Waals surface area (Å²) >= 11 is 0. The molecule has 1 aliphatic rings. The van der Waals surface area contributed by atoms with Crippen molar-refractivity contribution >= 4 is 0 Å². The maximum atomic E-state index is 3.71. The third kappa shape index (κ3) is 4.35. The van der Waals surface area contributed by atoms with Gasteiger partial charge in [-0.25, -0.2) is 0 Å². The Balaban J connectivity index is 1.84.